The van der Waals surface area contributed by atoms with Crippen LogP contribution in [0.15, 0.2) is 36.5 Å². The minimum Gasteiger partial charge on any atom is -0.347 e. The van der Waals surface area contributed by atoms with Crippen molar-refractivity contribution >= 4 is 16.7 Å². The van der Waals surface area contributed by atoms with Gasteiger partial charge in [0.2, 0.25) is 0 Å². The zero-order valence-corrected chi connectivity index (χ0v) is 10.5. The van der Waals surface area contributed by atoms with Crippen molar-refractivity contribution in [1.29, 1.82) is 0 Å². The molecular formula is C15H17NO. The van der Waals surface area contributed by atoms with E-state index in [1.54, 1.807) is 12.2 Å². The molecule has 0 N–H and O–H groups in total. The average Bonchev–Trinajstić information content (AvgIpc) is 2.69. The Morgan fingerprint density at radius 2 is 2.18 bits per heavy atom. The molecule has 17 heavy (non-hydrogen) atoms. The molecule has 2 rings (SSSR count). The van der Waals surface area contributed by atoms with Gasteiger partial charge in [-0.1, -0.05) is 24.3 Å². The van der Waals surface area contributed by atoms with Crippen LogP contribution in [-0.2, 0) is 6.54 Å². The van der Waals surface area contributed by atoms with Crippen molar-refractivity contribution in [1.82, 2.24) is 4.57 Å². The number of nitrogens with zero attached hydrogens (tertiary/aromatic N) is 1. The molecule has 0 bridgehead atoms. The number of fused-ring (bicyclic) bond motifs is 1. The molecule has 1 heterocycles. The van der Waals surface area contributed by atoms with Crippen LogP contribution < -0.4 is 0 Å². The molecule has 1 aromatic carbocycles. The second-order valence-electron chi connectivity index (χ2n) is 4.16. The molecule has 0 amide bonds. The van der Waals surface area contributed by atoms with Crippen LogP contribution in [0.4, 0.5) is 0 Å². The normalized spacial score (nSPS) is 11.5. The van der Waals surface area contributed by atoms with Crippen LogP contribution in [0.25, 0.3) is 10.9 Å². The first-order valence-electron chi connectivity index (χ1n) is 5.94. The van der Waals surface area contributed by atoms with E-state index in [-0.39, 0.29) is 5.78 Å². The fraction of sp³-hybridized carbons (Fsp3) is 0.267. The smallest absolute Gasteiger partial charge is 0.187 e. The Labute approximate surface area is 102 Å². The third kappa shape index (κ3) is 1.91. The summed E-state index contributed by atoms with van der Waals surface area (Å²) in [5.74, 6) is 0.0790. The second kappa shape index (κ2) is 4.58. The van der Waals surface area contributed by atoms with Gasteiger partial charge in [0.15, 0.2) is 5.78 Å². The highest BCUT2D eigenvalue weighted by atomic mass is 16.1. The number of allylic oxidation sites excluding steroid dienone is 2. The predicted octanol–water partition coefficient (Wildman–Crippen LogP) is 3.73. The van der Waals surface area contributed by atoms with Gasteiger partial charge in [-0.25, -0.2) is 0 Å². The molecule has 0 unspecified atom stereocenters. The molecule has 0 aliphatic carbocycles. The minimum absolute atomic E-state index is 0.0790. The van der Waals surface area contributed by atoms with Gasteiger partial charge in [-0.05, 0) is 32.4 Å². The SMILES string of the molecule is C/C=C/C(=O)c1cn(CC)c2c(C)cccc12. The Morgan fingerprint density at radius 1 is 1.41 bits per heavy atom. The lowest BCUT2D eigenvalue weighted by Gasteiger charge is -2.02. The van der Waals surface area contributed by atoms with Crippen LogP contribution >= 0.6 is 0 Å². The van der Waals surface area contributed by atoms with Crippen molar-refractivity contribution in [3.05, 3.63) is 47.7 Å². The number of para-hydroxylation sites is 1. The van der Waals surface area contributed by atoms with Crippen molar-refractivity contribution < 1.29 is 4.79 Å². The predicted molar refractivity (Wildman–Crippen MR) is 71.5 cm³/mol. The summed E-state index contributed by atoms with van der Waals surface area (Å²) in [4.78, 5) is 12.0. The lowest BCUT2D eigenvalue weighted by Crippen LogP contribution is -1.93. The highest BCUT2D eigenvalue weighted by Gasteiger charge is 2.13. The molecule has 0 saturated carbocycles. The number of rotatable bonds is 3. The van der Waals surface area contributed by atoms with E-state index in [0.717, 1.165) is 17.5 Å². The summed E-state index contributed by atoms with van der Waals surface area (Å²) in [6.45, 7) is 6.92. The van der Waals surface area contributed by atoms with Gasteiger partial charge in [0, 0.05) is 23.7 Å². The Bertz CT molecular complexity index is 590. The molecule has 0 spiro atoms. The van der Waals surface area contributed by atoms with Gasteiger partial charge in [0.1, 0.15) is 0 Å². The Morgan fingerprint density at radius 3 is 2.82 bits per heavy atom. The van der Waals surface area contributed by atoms with E-state index in [4.69, 9.17) is 0 Å². The van der Waals surface area contributed by atoms with Crippen molar-refractivity contribution in [2.45, 2.75) is 27.3 Å². The first kappa shape index (κ1) is 11.6. The van der Waals surface area contributed by atoms with Crippen LogP contribution in [0.3, 0.4) is 0 Å². The number of carbonyl (C=O) groups excluding carboxylic acids is 1. The molecule has 2 aromatic rings. The fourth-order valence-corrected chi connectivity index (χ4v) is 2.23. The zero-order chi connectivity index (χ0) is 12.4. The molecule has 2 nitrogen and oxygen atoms in total. The van der Waals surface area contributed by atoms with E-state index in [1.807, 2.05) is 25.3 Å². The van der Waals surface area contributed by atoms with Gasteiger partial charge < -0.3 is 4.57 Å². The van der Waals surface area contributed by atoms with Crippen molar-refractivity contribution in [2.24, 2.45) is 0 Å². The van der Waals surface area contributed by atoms with Crippen molar-refractivity contribution in [3.63, 3.8) is 0 Å². The number of ketones is 1. The quantitative estimate of drug-likeness (QED) is 0.578. The highest BCUT2D eigenvalue weighted by molar-refractivity contribution is 6.13. The van der Waals surface area contributed by atoms with Crippen molar-refractivity contribution in [2.75, 3.05) is 0 Å². The summed E-state index contributed by atoms with van der Waals surface area (Å²) in [5.41, 5.74) is 3.18. The van der Waals surface area contributed by atoms with E-state index >= 15 is 0 Å². The summed E-state index contributed by atoms with van der Waals surface area (Å²) in [5, 5.41) is 1.05. The summed E-state index contributed by atoms with van der Waals surface area (Å²) in [7, 11) is 0. The molecule has 0 saturated heterocycles. The monoisotopic (exact) mass is 227 g/mol. The molecule has 88 valence electrons. The van der Waals surface area contributed by atoms with E-state index in [9.17, 15) is 4.79 Å². The average molecular weight is 227 g/mol. The number of carbonyl (C=O) groups is 1. The summed E-state index contributed by atoms with van der Waals surface area (Å²) in [6.07, 6.45) is 5.37. The molecule has 0 fully saturated rings. The molecular weight excluding hydrogens is 210 g/mol. The van der Waals surface area contributed by atoms with E-state index < -0.39 is 0 Å². The van der Waals surface area contributed by atoms with Crippen LogP contribution in [0, 0.1) is 6.92 Å². The van der Waals surface area contributed by atoms with E-state index in [0.29, 0.717) is 0 Å². The molecule has 1 aromatic heterocycles. The number of aromatic nitrogens is 1. The first-order chi connectivity index (χ1) is 8.19. The Kier molecular flexibility index (Phi) is 3.14. The number of aryl methyl sites for hydroxylation is 2. The molecule has 0 atom stereocenters. The summed E-state index contributed by atoms with van der Waals surface area (Å²) >= 11 is 0. The van der Waals surface area contributed by atoms with Crippen LogP contribution in [0.1, 0.15) is 29.8 Å². The van der Waals surface area contributed by atoms with Gasteiger partial charge in [0.05, 0.1) is 5.52 Å². The molecule has 0 aliphatic rings. The zero-order valence-electron chi connectivity index (χ0n) is 10.5. The van der Waals surface area contributed by atoms with Gasteiger partial charge in [0.25, 0.3) is 0 Å². The fourth-order valence-electron chi connectivity index (χ4n) is 2.23. The van der Waals surface area contributed by atoms with Crippen LogP contribution in [0.2, 0.25) is 0 Å². The van der Waals surface area contributed by atoms with Gasteiger partial charge in [-0.2, -0.15) is 0 Å². The summed E-state index contributed by atoms with van der Waals surface area (Å²) < 4.78 is 2.14. The van der Waals surface area contributed by atoms with E-state index in [1.165, 1.54) is 11.1 Å². The maximum atomic E-state index is 12.0. The second-order valence-corrected chi connectivity index (χ2v) is 4.16. The van der Waals surface area contributed by atoms with Crippen LogP contribution in [0.5, 0.6) is 0 Å². The standard InChI is InChI=1S/C15H17NO/c1-4-7-14(17)13-10-16(5-2)15-11(3)8-6-9-12(13)15/h4,6-10H,5H2,1-3H3/b7-4+. The summed E-state index contributed by atoms with van der Waals surface area (Å²) in [6, 6.07) is 6.10. The van der Waals surface area contributed by atoms with Gasteiger partial charge >= 0.3 is 0 Å². The topological polar surface area (TPSA) is 22.0 Å². The Balaban J connectivity index is 2.74. The van der Waals surface area contributed by atoms with Gasteiger partial charge in [-0.3, -0.25) is 4.79 Å². The van der Waals surface area contributed by atoms with Gasteiger partial charge in [-0.15, -0.1) is 0 Å². The molecule has 2 heteroatoms. The largest absolute Gasteiger partial charge is 0.347 e. The third-order valence-corrected chi connectivity index (χ3v) is 3.02. The number of hydrogen-bond acceptors (Lipinski definition) is 1. The minimum atomic E-state index is 0.0790. The Hall–Kier alpha value is -1.83. The number of hydrogen-bond donors (Lipinski definition) is 0. The van der Waals surface area contributed by atoms with E-state index in [2.05, 4.69) is 24.5 Å². The lowest BCUT2D eigenvalue weighted by molar-refractivity contribution is 0.104. The maximum absolute atomic E-state index is 12.0. The first-order valence-corrected chi connectivity index (χ1v) is 5.94. The van der Waals surface area contributed by atoms with Crippen LogP contribution in [-0.4, -0.2) is 10.4 Å². The molecule has 0 radical (unpaired) electrons. The number of benzene rings is 1. The van der Waals surface area contributed by atoms with Crippen molar-refractivity contribution in [3.8, 4) is 0 Å². The lowest BCUT2D eigenvalue weighted by atomic mass is 10.1. The maximum Gasteiger partial charge on any atom is 0.187 e. The highest BCUT2D eigenvalue weighted by Crippen LogP contribution is 2.25. The third-order valence-electron chi connectivity index (χ3n) is 3.02. The molecule has 0 aliphatic heterocycles.